The van der Waals surface area contributed by atoms with Gasteiger partial charge < -0.3 is 20.1 Å². The monoisotopic (exact) mass is 491 g/mol. The van der Waals surface area contributed by atoms with Gasteiger partial charge >= 0.3 is 18.2 Å². The van der Waals surface area contributed by atoms with Crippen molar-refractivity contribution in [3.63, 3.8) is 0 Å². The van der Waals surface area contributed by atoms with E-state index >= 15 is 0 Å². The predicted octanol–water partition coefficient (Wildman–Crippen LogP) is 2.68. The number of hydrogen-bond donors (Lipinski definition) is 2. The van der Waals surface area contributed by atoms with Gasteiger partial charge in [-0.05, 0) is 29.3 Å². The van der Waals surface area contributed by atoms with Crippen LogP contribution in [0.25, 0.3) is 11.1 Å². The van der Waals surface area contributed by atoms with Crippen molar-refractivity contribution in [3.8, 4) is 11.1 Å². The number of nitrogens with one attached hydrogen (secondary N) is 1. The number of fused-ring (bicyclic) bond motifs is 3. The first kappa shape index (κ1) is 24.5. The number of aliphatic carboxylic acids is 1. The molecule has 2 aromatic carbocycles. The van der Waals surface area contributed by atoms with Crippen LogP contribution in [0, 0.1) is 0 Å². The van der Waals surface area contributed by atoms with E-state index in [1.54, 1.807) is 5.32 Å². The summed E-state index contributed by atoms with van der Waals surface area (Å²) < 4.78 is 46.3. The van der Waals surface area contributed by atoms with Crippen LogP contribution >= 0.6 is 0 Å². The maximum absolute atomic E-state index is 13.7. The molecule has 1 fully saturated rings. The van der Waals surface area contributed by atoms with Gasteiger partial charge in [0, 0.05) is 25.6 Å². The summed E-state index contributed by atoms with van der Waals surface area (Å²) in [6, 6.07) is 11.0. The third-order valence-corrected chi connectivity index (χ3v) is 6.42. The Morgan fingerprint density at radius 2 is 1.63 bits per heavy atom. The highest BCUT2D eigenvalue weighted by Gasteiger charge is 2.49. The van der Waals surface area contributed by atoms with E-state index in [1.807, 2.05) is 48.5 Å². The number of carbonyl (C=O) groups is 3. The van der Waals surface area contributed by atoms with Crippen LogP contribution in [0.3, 0.4) is 0 Å². The Morgan fingerprint density at radius 1 is 1.06 bits per heavy atom. The molecule has 2 atom stereocenters. The summed E-state index contributed by atoms with van der Waals surface area (Å²) in [4.78, 5) is 38.7. The summed E-state index contributed by atoms with van der Waals surface area (Å²) in [5.41, 5.74) is 3.70. The molecular formula is C24H24F3N3O5. The summed E-state index contributed by atoms with van der Waals surface area (Å²) in [6.45, 7) is -0.659. The van der Waals surface area contributed by atoms with Crippen molar-refractivity contribution in [2.75, 3.05) is 33.3 Å². The third-order valence-electron chi connectivity index (χ3n) is 6.42. The SMILES string of the molecule is CN1CCN(C(=O)C(NC(=O)OCC2c3ccccc3-c3ccccc32)C(F)(F)F)CC1C(=O)O. The van der Waals surface area contributed by atoms with E-state index in [9.17, 15) is 32.7 Å². The van der Waals surface area contributed by atoms with E-state index in [0.717, 1.165) is 27.2 Å². The molecule has 0 radical (unpaired) electrons. The number of benzene rings is 2. The lowest BCUT2D eigenvalue weighted by Gasteiger charge is -2.38. The highest BCUT2D eigenvalue weighted by Crippen LogP contribution is 2.44. The number of nitrogens with zero attached hydrogens (tertiary/aromatic N) is 2. The molecule has 2 aromatic rings. The summed E-state index contributed by atoms with van der Waals surface area (Å²) in [7, 11) is 1.51. The van der Waals surface area contributed by atoms with E-state index in [2.05, 4.69) is 0 Å². The summed E-state index contributed by atoms with van der Waals surface area (Å²) in [5, 5.41) is 10.9. The van der Waals surface area contributed by atoms with Crippen molar-refractivity contribution in [1.29, 1.82) is 0 Å². The minimum atomic E-state index is -5.09. The lowest BCUT2D eigenvalue weighted by atomic mass is 9.98. The van der Waals surface area contributed by atoms with Crippen LogP contribution in [-0.4, -0.2) is 84.4 Å². The molecule has 1 saturated heterocycles. The molecule has 186 valence electrons. The van der Waals surface area contributed by atoms with Crippen LogP contribution in [0.1, 0.15) is 17.0 Å². The number of likely N-dealkylation sites (N-methyl/N-ethyl adjacent to an activating group) is 1. The third kappa shape index (κ3) is 4.95. The molecule has 8 nitrogen and oxygen atoms in total. The highest BCUT2D eigenvalue weighted by molar-refractivity contribution is 5.87. The minimum absolute atomic E-state index is 0.0816. The Morgan fingerprint density at radius 3 is 2.17 bits per heavy atom. The number of carboxylic acids is 1. The fourth-order valence-electron chi connectivity index (χ4n) is 4.56. The molecule has 1 aliphatic heterocycles. The molecule has 11 heteroatoms. The molecule has 2 aliphatic rings. The second-order valence-corrected chi connectivity index (χ2v) is 8.56. The second-order valence-electron chi connectivity index (χ2n) is 8.56. The van der Waals surface area contributed by atoms with Crippen LogP contribution in [0.15, 0.2) is 48.5 Å². The van der Waals surface area contributed by atoms with Gasteiger partial charge in [0.15, 0.2) is 0 Å². The first-order valence-corrected chi connectivity index (χ1v) is 11.0. The number of rotatable bonds is 5. The number of ether oxygens (including phenoxy) is 1. The van der Waals surface area contributed by atoms with Gasteiger partial charge in [0.2, 0.25) is 6.04 Å². The molecule has 0 bridgehead atoms. The van der Waals surface area contributed by atoms with Crippen molar-refractivity contribution in [2.45, 2.75) is 24.2 Å². The number of halogens is 3. The first-order valence-electron chi connectivity index (χ1n) is 11.0. The molecule has 0 aromatic heterocycles. The largest absolute Gasteiger partial charge is 0.480 e. The zero-order valence-electron chi connectivity index (χ0n) is 18.8. The number of hydrogen-bond acceptors (Lipinski definition) is 5. The van der Waals surface area contributed by atoms with Gasteiger partial charge in [-0.1, -0.05) is 48.5 Å². The molecule has 0 saturated carbocycles. The standard InChI is InChI=1S/C24H24F3N3O5/c1-29-10-11-30(12-19(29)22(32)33)21(31)20(24(25,26)27)28-23(34)35-13-18-16-8-4-2-6-14(16)15-7-3-5-9-17(15)18/h2-9,18-20H,10-13H2,1H3,(H,28,34)(H,32,33). The van der Waals surface area contributed by atoms with Crippen LogP contribution in [0.5, 0.6) is 0 Å². The minimum Gasteiger partial charge on any atom is -0.480 e. The maximum atomic E-state index is 13.7. The average molecular weight is 491 g/mol. The van der Waals surface area contributed by atoms with Crippen LogP contribution in [0.4, 0.5) is 18.0 Å². The molecule has 2 N–H and O–H groups in total. The Hall–Kier alpha value is -3.60. The highest BCUT2D eigenvalue weighted by atomic mass is 19.4. The van der Waals surface area contributed by atoms with E-state index in [0.29, 0.717) is 0 Å². The van der Waals surface area contributed by atoms with Gasteiger partial charge in [-0.25, -0.2) is 4.79 Å². The Labute approximate surface area is 199 Å². The lowest BCUT2D eigenvalue weighted by molar-refractivity contribution is -0.176. The normalized spacial score (nSPS) is 19.0. The topological polar surface area (TPSA) is 99.2 Å². The molecule has 35 heavy (non-hydrogen) atoms. The molecule has 1 heterocycles. The quantitative estimate of drug-likeness (QED) is 0.668. The molecule has 4 rings (SSSR count). The zero-order valence-corrected chi connectivity index (χ0v) is 18.8. The fourth-order valence-corrected chi connectivity index (χ4v) is 4.56. The lowest BCUT2D eigenvalue weighted by Crippen LogP contribution is -2.62. The number of carbonyl (C=O) groups excluding carboxylic acids is 2. The van der Waals surface area contributed by atoms with Crippen LogP contribution in [0.2, 0.25) is 0 Å². The number of alkyl halides is 3. The van der Waals surface area contributed by atoms with Crippen molar-refractivity contribution >= 4 is 18.0 Å². The Balaban J connectivity index is 1.45. The zero-order chi connectivity index (χ0) is 25.3. The number of carboxylic acid groups (broad SMARTS) is 1. The van der Waals surface area contributed by atoms with Crippen molar-refractivity contribution in [2.24, 2.45) is 0 Å². The molecule has 1 aliphatic carbocycles. The van der Waals surface area contributed by atoms with Gasteiger partial charge in [0.05, 0.1) is 0 Å². The molecule has 2 unspecified atom stereocenters. The van der Waals surface area contributed by atoms with Gasteiger partial charge in [-0.15, -0.1) is 0 Å². The van der Waals surface area contributed by atoms with Crippen molar-refractivity contribution < 1.29 is 37.4 Å². The first-order chi connectivity index (χ1) is 16.6. The predicted molar refractivity (Wildman–Crippen MR) is 119 cm³/mol. The average Bonchev–Trinajstić information content (AvgIpc) is 3.14. The Bertz CT molecular complexity index is 1090. The van der Waals surface area contributed by atoms with E-state index in [-0.39, 0.29) is 25.6 Å². The van der Waals surface area contributed by atoms with Crippen LogP contribution in [-0.2, 0) is 14.3 Å². The summed E-state index contributed by atoms with van der Waals surface area (Å²) >= 11 is 0. The van der Waals surface area contributed by atoms with Crippen LogP contribution < -0.4 is 5.32 Å². The molecule has 2 amide bonds. The fraction of sp³-hybridized carbons (Fsp3) is 0.375. The van der Waals surface area contributed by atoms with Gasteiger partial charge in [-0.2, -0.15) is 13.2 Å². The molecule has 0 spiro atoms. The molecular weight excluding hydrogens is 467 g/mol. The van der Waals surface area contributed by atoms with E-state index < -0.39 is 42.8 Å². The summed E-state index contributed by atoms with van der Waals surface area (Å²) in [6.07, 6.45) is -6.48. The van der Waals surface area contributed by atoms with Gasteiger partial charge in [0.25, 0.3) is 5.91 Å². The van der Waals surface area contributed by atoms with E-state index in [4.69, 9.17) is 4.74 Å². The number of piperazine rings is 1. The smallest absolute Gasteiger partial charge is 0.417 e. The second kappa shape index (κ2) is 9.57. The summed E-state index contributed by atoms with van der Waals surface area (Å²) in [5.74, 6) is -3.04. The van der Waals surface area contributed by atoms with E-state index in [1.165, 1.54) is 11.9 Å². The maximum Gasteiger partial charge on any atom is 0.417 e. The van der Waals surface area contributed by atoms with Gasteiger partial charge in [0.1, 0.15) is 12.6 Å². The number of amides is 2. The van der Waals surface area contributed by atoms with Gasteiger partial charge in [-0.3, -0.25) is 14.5 Å². The Kier molecular flexibility index (Phi) is 6.70. The van der Waals surface area contributed by atoms with Crippen molar-refractivity contribution in [3.05, 3.63) is 59.7 Å². The van der Waals surface area contributed by atoms with Crippen molar-refractivity contribution in [1.82, 2.24) is 15.1 Å². The number of alkyl carbamates (subject to hydrolysis) is 1.